The van der Waals surface area contributed by atoms with Crippen molar-refractivity contribution in [3.63, 3.8) is 0 Å². The zero-order valence-corrected chi connectivity index (χ0v) is 12.5. The van der Waals surface area contributed by atoms with E-state index in [2.05, 4.69) is 0 Å². The predicted octanol–water partition coefficient (Wildman–Crippen LogP) is 0.993. The number of piperidine rings is 1. The SMILES string of the molecule is O=S(=O)(c1ccc2c(c1)OCCO2)N1CCCCC1CO. The summed E-state index contributed by atoms with van der Waals surface area (Å²) in [6.45, 7) is 1.18. The Hall–Kier alpha value is -1.31. The maximum absolute atomic E-state index is 12.8. The zero-order chi connectivity index (χ0) is 14.9. The minimum Gasteiger partial charge on any atom is -0.486 e. The van der Waals surface area contributed by atoms with Crippen molar-refractivity contribution in [3.8, 4) is 11.5 Å². The van der Waals surface area contributed by atoms with Crippen molar-refractivity contribution < 1.29 is 23.0 Å². The molecule has 1 aromatic rings. The van der Waals surface area contributed by atoms with E-state index in [0.29, 0.717) is 37.7 Å². The molecule has 0 radical (unpaired) electrons. The first-order valence-electron chi connectivity index (χ1n) is 7.15. The highest BCUT2D eigenvalue weighted by Gasteiger charge is 2.33. The van der Waals surface area contributed by atoms with E-state index >= 15 is 0 Å². The van der Waals surface area contributed by atoms with E-state index in [1.54, 1.807) is 6.07 Å². The van der Waals surface area contributed by atoms with Gasteiger partial charge in [0.1, 0.15) is 13.2 Å². The van der Waals surface area contributed by atoms with Crippen LogP contribution in [0.3, 0.4) is 0 Å². The molecule has 6 nitrogen and oxygen atoms in total. The lowest BCUT2D eigenvalue weighted by molar-refractivity contribution is 0.155. The van der Waals surface area contributed by atoms with Gasteiger partial charge in [0, 0.05) is 18.7 Å². The number of aliphatic hydroxyl groups excluding tert-OH is 1. The number of hydrogen-bond acceptors (Lipinski definition) is 5. The van der Waals surface area contributed by atoms with Gasteiger partial charge in [-0.25, -0.2) is 8.42 Å². The number of hydrogen-bond donors (Lipinski definition) is 1. The van der Waals surface area contributed by atoms with Crippen molar-refractivity contribution in [2.75, 3.05) is 26.4 Å². The average Bonchev–Trinajstić information content (AvgIpc) is 2.54. The van der Waals surface area contributed by atoms with E-state index in [1.807, 2.05) is 0 Å². The van der Waals surface area contributed by atoms with Crippen molar-refractivity contribution in [1.29, 1.82) is 0 Å². The van der Waals surface area contributed by atoms with Gasteiger partial charge in [-0.2, -0.15) is 4.31 Å². The first-order valence-corrected chi connectivity index (χ1v) is 8.59. The number of fused-ring (bicyclic) bond motifs is 1. The van der Waals surface area contributed by atoms with Gasteiger partial charge in [0.05, 0.1) is 11.5 Å². The summed E-state index contributed by atoms with van der Waals surface area (Å²) < 4.78 is 37.8. The zero-order valence-electron chi connectivity index (χ0n) is 11.7. The second-order valence-electron chi connectivity index (χ2n) is 5.25. The van der Waals surface area contributed by atoms with Crippen LogP contribution in [0.5, 0.6) is 11.5 Å². The molecule has 0 aromatic heterocycles. The Morgan fingerprint density at radius 3 is 2.71 bits per heavy atom. The number of ether oxygens (including phenoxy) is 2. The molecule has 2 aliphatic heterocycles. The van der Waals surface area contributed by atoms with Gasteiger partial charge in [0.15, 0.2) is 11.5 Å². The third-order valence-electron chi connectivity index (χ3n) is 3.90. The number of sulfonamides is 1. The molecule has 2 aliphatic rings. The normalized spacial score (nSPS) is 23.0. The van der Waals surface area contributed by atoms with Gasteiger partial charge in [-0.05, 0) is 25.0 Å². The molecular formula is C14H19NO5S. The number of rotatable bonds is 3. The highest BCUT2D eigenvalue weighted by atomic mass is 32.2. The van der Waals surface area contributed by atoms with E-state index in [9.17, 15) is 13.5 Å². The van der Waals surface area contributed by atoms with Crippen molar-refractivity contribution in [1.82, 2.24) is 4.31 Å². The fraction of sp³-hybridized carbons (Fsp3) is 0.571. The molecule has 1 unspecified atom stereocenters. The van der Waals surface area contributed by atoms with Crippen LogP contribution in [0.1, 0.15) is 19.3 Å². The molecule has 1 fully saturated rings. The largest absolute Gasteiger partial charge is 0.486 e. The maximum atomic E-state index is 12.8. The molecule has 1 aromatic carbocycles. The van der Waals surface area contributed by atoms with Gasteiger partial charge in [0.25, 0.3) is 0 Å². The Bertz CT molecular complexity index is 616. The second-order valence-corrected chi connectivity index (χ2v) is 7.14. The van der Waals surface area contributed by atoms with Crippen molar-refractivity contribution in [2.24, 2.45) is 0 Å². The van der Waals surface area contributed by atoms with Gasteiger partial charge in [-0.15, -0.1) is 0 Å². The van der Waals surface area contributed by atoms with E-state index in [0.717, 1.165) is 12.8 Å². The molecule has 0 bridgehead atoms. The van der Waals surface area contributed by atoms with E-state index in [-0.39, 0.29) is 17.5 Å². The molecule has 21 heavy (non-hydrogen) atoms. The summed E-state index contributed by atoms with van der Waals surface area (Å²) in [5.74, 6) is 1.03. The fourth-order valence-electron chi connectivity index (χ4n) is 2.79. The first-order chi connectivity index (χ1) is 10.1. The summed E-state index contributed by atoms with van der Waals surface area (Å²) in [6.07, 6.45) is 2.46. The van der Waals surface area contributed by atoms with Crippen LogP contribution < -0.4 is 9.47 Å². The molecule has 1 atom stereocenters. The predicted molar refractivity (Wildman–Crippen MR) is 76.0 cm³/mol. The summed E-state index contributed by atoms with van der Waals surface area (Å²) in [4.78, 5) is 0.187. The van der Waals surface area contributed by atoms with E-state index in [1.165, 1.54) is 16.4 Å². The van der Waals surface area contributed by atoms with E-state index < -0.39 is 10.0 Å². The molecule has 0 aliphatic carbocycles. The molecule has 116 valence electrons. The summed E-state index contributed by atoms with van der Waals surface area (Å²) >= 11 is 0. The van der Waals surface area contributed by atoms with Crippen LogP contribution in [0, 0.1) is 0 Å². The van der Waals surface area contributed by atoms with E-state index in [4.69, 9.17) is 9.47 Å². The Morgan fingerprint density at radius 1 is 1.19 bits per heavy atom. The minimum atomic E-state index is -3.62. The Balaban J connectivity index is 1.94. The van der Waals surface area contributed by atoms with Crippen molar-refractivity contribution in [3.05, 3.63) is 18.2 Å². The van der Waals surface area contributed by atoms with Crippen LogP contribution in [0.4, 0.5) is 0 Å². The number of nitrogens with zero attached hydrogens (tertiary/aromatic N) is 1. The molecule has 1 N–H and O–H groups in total. The summed E-state index contributed by atoms with van der Waals surface area (Å²) in [7, 11) is -3.62. The van der Waals surface area contributed by atoms with Gasteiger partial charge in [-0.1, -0.05) is 6.42 Å². The van der Waals surface area contributed by atoms with Crippen LogP contribution in [-0.4, -0.2) is 50.2 Å². The Labute approximate surface area is 124 Å². The topological polar surface area (TPSA) is 76.1 Å². The van der Waals surface area contributed by atoms with Crippen LogP contribution in [0.25, 0.3) is 0 Å². The molecule has 1 saturated heterocycles. The maximum Gasteiger partial charge on any atom is 0.243 e. The Kier molecular flexibility index (Phi) is 4.05. The third-order valence-corrected chi connectivity index (χ3v) is 5.85. The summed E-state index contributed by atoms with van der Waals surface area (Å²) in [6, 6.07) is 4.33. The van der Waals surface area contributed by atoms with Gasteiger partial charge in [0.2, 0.25) is 10.0 Å². The standard InChI is InChI=1S/C14H19NO5S/c16-10-11-3-1-2-6-15(11)21(17,18)12-4-5-13-14(9-12)20-8-7-19-13/h4-5,9,11,16H,1-3,6-8,10H2. The lowest BCUT2D eigenvalue weighted by Gasteiger charge is -2.33. The first kappa shape index (κ1) is 14.6. The van der Waals surface area contributed by atoms with Crippen LogP contribution in [0.15, 0.2) is 23.1 Å². The Morgan fingerprint density at radius 2 is 1.95 bits per heavy atom. The highest BCUT2D eigenvalue weighted by molar-refractivity contribution is 7.89. The third kappa shape index (κ3) is 2.73. The minimum absolute atomic E-state index is 0.149. The molecular weight excluding hydrogens is 294 g/mol. The van der Waals surface area contributed by atoms with Crippen molar-refractivity contribution in [2.45, 2.75) is 30.2 Å². The quantitative estimate of drug-likeness (QED) is 0.901. The number of benzene rings is 1. The van der Waals surface area contributed by atoms with Crippen molar-refractivity contribution >= 4 is 10.0 Å². The molecule has 7 heteroatoms. The molecule has 0 amide bonds. The number of aliphatic hydroxyl groups is 1. The molecule has 3 rings (SSSR count). The van der Waals surface area contributed by atoms with Crippen LogP contribution >= 0.6 is 0 Å². The average molecular weight is 313 g/mol. The monoisotopic (exact) mass is 313 g/mol. The lowest BCUT2D eigenvalue weighted by Crippen LogP contribution is -2.45. The van der Waals surface area contributed by atoms with Crippen LogP contribution in [0.2, 0.25) is 0 Å². The van der Waals surface area contributed by atoms with Gasteiger partial charge in [-0.3, -0.25) is 0 Å². The second kappa shape index (κ2) is 5.82. The smallest absolute Gasteiger partial charge is 0.243 e. The molecule has 2 heterocycles. The molecule has 0 saturated carbocycles. The summed E-state index contributed by atoms with van der Waals surface area (Å²) in [5.41, 5.74) is 0. The highest BCUT2D eigenvalue weighted by Crippen LogP contribution is 2.34. The lowest BCUT2D eigenvalue weighted by atomic mass is 10.1. The molecule has 0 spiro atoms. The summed E-state index contributed by atoms with van der Waals surface area (Å²) in [5, 5.41) is 9.41. The fourth-order valence-corrected chi connectivity index (χ4v) is 4.49. The van der Waals surface area contributed by atoms with Gasteiger partial charge < -0.3 is 14.6 Å². The van der Waals surface area contributed by atoms with Crippen LogP contribution in [-0.2, 0) is 10.0 Å². The van der Waals surface area contributed by atoms with Gasteiger partial charge >= 0.3 is 0 Å².